The first-order valence-corrected chi connectivity index (χ1v) is 6.45. The molecule has 2 aliphatic heterocycles. The van der Waals surface area contributed by atoms with Crippen LogP contribution in [0.15, 0.2) is 0 Å². The van der Waals surface area contributed by atoms with Crippen molar-refractivity contribution in [3.8, 4) is 0 Å². The molecule has 3 heteroatoms. The van der Waals surface area contributed by atoms with Crippen LogP contribution in [0.2, 0.25) is 0 Å². The molecule has 2 fully saturated rings. The minimum absolute atomic E-state index is 0.313. The van der Waals surface area contributed by atoms with Crippen LogP contribution in [0.25, 0.3) is 0 Å². The second-order valence-electron chi connectivity index (χ2n) is 7.22. The van der Waals surface area contributed by atoms with Gasteiger partial charge in [-0.25, -0.2) is 0 Å². The molecule has 2 saturated heterocycles. The molecular formula is C13H27N3. The van der Waals surface area contributed by atoms with Gasteiger partial charge in [0.05, 0.1) is 19.5 Å². The predicted molar refractivity (Wildman–Crippen MR) is 68.0 cm³/mol. The lowest BCUT2D eigenvalue weighted by molar-refractivity contribution is -0.205. The predicted octanol–water partition coefficient (Wildman–Crippen LogP) is 2.15. The van der Waals surface area contributed by atoms with Crippen LogP contribution < -0.4 is 0 Å². The fourth-order valence-electron chi connectivity index (χ4n) is 2.73. The highest BCUT2D eigenvalue weighted by atomic mass is 15.6. The van der Waals surface area contributed by atoms with Crippen molar-refractivity contribution in [1.29, 1.82) is 0 Å². The van der Waals surface area contributed by atoms with Crippen LogP contribution in [0.5, 0.6) is 0 Å². The first-order valence-electron chi connectivity index (χ1n) is 6.45. The second-order valence-corrected chi connectivity index (χ2v) is 7.22. The maximum Gasteiger partial charge on any atom is 0.0673 e. The third-order valence-corrected chi connectivity index (χ3v) is 3.94. The third-order valence-electron chi connectivity index (χ3n) is 3.94. The molecule has 0 N–H and O–H groups in total. The van der Waals surface area contributed by atoms with E-state index >= 15 is 0 Å². The average molecular weight is 225 g/mol. The first-order chi connectivity index (χ1) is 7.19. The largest absolute Gasteiger partial charge is 0.285 e. The zero-order valence-corrected chi connectivity index (χ0v) is 11.7. The molecule has 2 rings (SSSR count). The molecule has 0 aromatic heterocycles. The summed E-state index contributed by atoms with van der Waals surface area (Å²) in [4.78, 5) is 7.80. The SMILES string of the molecule is CC(C)(C)N1CCC2N(C1)CN2C(C)(C)C. The standard InChI is InChI=1S/C13H27N3/c1-12(2,3)15-8-7-11-14(9-15)10-16(11)13(4,5)6/h11H,7-10H2,1-6H3. The molecule has 1 unspecified atom stereocenters. The fraction of sp³-hybridized carbons (Fsp3) is 1.00. The van der Waals surface area contributed by atoms with E-state index < -0.39 is 0 Å². The highest BCUT2D eigenvalue weighted by Gasteiger charge is 2.46. The lowest BCUT2D eigenvalue weighted by Crippen LogP contribution is -2.74. The van der Waals surface area contributed by atoms with Crippen molar-refractivity contribution in [2.24, 2.45) is 0 Å². The van der Waals surface area contributed by atoms with E-state index in [9.17, 15) is 0 Å². The molecule has 1 atom stereocenters. The summed E-state index contributed by atoms with van der Waals surface area (Å²) in [6, 6.07) is 0. The van der Waals surface area contributed by atoms with E-state index in [2.05, 4.69) is 56.2 Å². The molecule has 94 valence electrons. The average Bonchev–Trinajstić information content (AvgIpc) is 2.02. The fourth-order valence-corrected chi connectivity index (χ4v) is 2.73. The molecule has 0 aliphatic carbocycles. The Bertz CT molecular complexity index is 247. The van der Waals surface area contributed by atoms with E-state index in [1.54, 1.807) is 0 Å². The van der Waals surface area contributed by atoms with E-state index in [4.69, 9.17) is 0 Å². The summed E-state index contributed by atoms with van der Waals surface area (Å²) in [5.41, 5.74) is 0.637. The Kier molecular flexibility index (Phi) is 2.84. The molecule has 0 amide bonds. The quantitative estimate of drug-likeness (QED) is 0.625. The van der Waals surface area contributed by atoms with E-state index in [0.29, 0.717) is 17.2 Å². The van der Waals surface area contributed by atoms with Gasteiger partial charge < -0.3 is 0 Å². The van der Waals surface area contributed by atoms with Gasteiger partial charge in [-0.1, -0.05) is 0 Å². The van der Waals surface area contributed by atoms with Crippen LogP contribution in [0.3, 0.4) is 0 Å². The molecule has 0 bridgehead atoms. The molecule has 0 aromatic rings. The third kappa shape index (κ3) is 2.13. The molecule has 0 radical (unpaired) electrons. The topological polar surface area (TPSA) is 9.72 Å². The summed E-state index contributed by atoms with van der Waals surface area (Å²) in [6.07, 6.45) is 1.98. The number of nitrogens with zero attached hydrogens (tertiary/aromatic N) is 3. The van der Waals surface area contributed by atoms with Crippen molar-refractivity contribution >= 4 is 0 Å². The zero-order chi connectivity index (χ0) is 12.1. The van der Waals surface area contributed by atoms with Crippen molar-refractivity contribution in [3.05, 3.63) is 0 Å². The highest BCUT2D eigenvalue weighted by Crippen LogP contribution is 2.34. The smallest absolute Gasteiger partial charge is 0.0673 e. The summed E-state index contributed by atoms with van der Waals surface area (Å²) >= 11 is 0. The van der Waals surface area contributed by atoms with Gasteiger partial charge in [-0.15, -0.1) is 0 Å². The monoisotopic (exact) mass is 225 g/mol. The lowest BCUT2D eigenvalue weighted by Gasteiger charge is -2.61. The minimum Gasteiger partial charge on any atom is -0.285 e. The Labute approximate surface area is 100 Å². The van der Waals surface area contributed by atoms with Gasteiger partial charge in [-0.05, 0) is 48.0 Å². The first kappa shape index (κ1) is 12.3. The lowest BCUT2D eigenvalue weighted by atomic mass is 9.97. The van der Waals surface area contributed by atoms with Crippen molar-refractivity contribution < 1.29 is 0 Å². The van der Waals surface area contributed by atoms with Crippen molar-refractivity contribution in [3.63, 3.8) is 0 Å². The number of hydrogen-bond donors (Lipinski definition) is 0. The molecular weight excluding hydrogens is 198 g/mol. The number of fused-ring (bicyclic) bond motifs is 1. The van der Waals surface area contributed by atoms with Gasteiger partial charge in [0, 0.05) is 17.6 Å². The van der Waals surface area contributed by atoms with Gasteiger partial charge in [0.25, 0.3) is 0 Å². The van der Waals surface area contributed by atoms with Crippen LogP contribution in [0, 0.1) is 0 Å². The highest BCUT2D eigenvalue weighted by molar-refractivity contribution is 4.95. The minimum atomic E-state index is 0.313. The number of rotatable bonds is 0. The molecule has 0 spiro atoms. The van der Waals surface area contributed by atoms with Crippen molar-refractivity contribution in [2.75, 3.05) is 19.9 Å². The second kappa shape index (κ2) is 3.69. The van der Waals surface area contributed by atoms with Crippen molar-refractivity contribution in [2.45, 2.75) is 65.2 Å². The van der Waals surface area contributed by atoms with Gasteiger partial charge in [0.1, 0.15) is 0 Å². The van der Waals surface area contributed by atoms with Gasteiger partial charge in [-0.3, -0.25) is 14.7 Å². The molecule has 2 heterocycles. The maximum absolute atomic E-state index is 2.62. The van der Waals surface area contributed by atoms with E-state index in [1.165, 1.54) is 13.0 Å². The Morgan fingerprint density at radius 1 is 0.875 bits per heavy atom. The van der Waals surface area contributed by atoms with Gasteiger partial charge in [-0.2, -0.15) is 0 Å². The summed E-state index contributed by atoms with van der Waals surface area (Å²) in [7, 11) is 0. The Balaban J connectivity index is 1.94. The van der Waals surface area contributed by atoms with Gasteiger partial charge in [0.2, 0.25) is 0 Å². The molecule has 0 aromatic carbocycles. The van der Waals surface area contributed by atoms with Crippen LogP contribution in [-0.4, -0.2) is 51.8 Å². The van der Waals surface area contributed by atoms with E-state index in [-0.39, 0.29) is 0 Å². The van der Waals surface area contributed by atoms with Crippen LogP contribution in [0.4, 0.5) is 0 Å². The Morgan fingerprint density at radius 3 is 1.94 bits per heavy atom. The summed E-state index contributed by atoms with van der Waals surface area (Å²) in [5.74, 6) is 0. The molecule has 16 heavy (non-hydrogen) atoms. The van der Waals surface area contributed by atoms with Crippen LogP contribution in [-0.2, 0) is 0 Å². The molecule has 0 saturated carbocycles. The summed E-state index contributed by atoms with van der Waals surface area (Å²) in [5, 5.41) is 0. The summed E-state index contributed by atoms with van der Waals surface area (Å²) in [6.45, 7) is 17.4. The molecule has 3 nitrogen and oxygen atoms in total. The van der Waals surface area contributed by atoms with Crippen molar-refractivity contribution in [1.82, 2.24) is 14.7 Å². The zero-order valence-electron chi connectivity index (χ0n) is 11.7. The number of hydrogen-bond acceptors (Lipinski definition) is 3. The Hall–Kier alpha value is -0.120. The van der Waals surface area contributed by atoms with E-state index in [1.807, 2.05) is 0 Å². The molecule has 2 aliphatic rings. The van der Waals surface area contributed by atoms with Crippen LogP contribution in [0.1, 0.15) is 48.0 Å². The normalized spacial score (nSPS) is 30.0. The summed E-state index contributed by atoms with van der Waals surface area (Å²) < 4.78 is 0. The van der Waals surface area contributed by atoms with Crippen LogP contribution >= 0.6 is 0 Å². The van der Waals surface area contributed by atoms with Gasteiger partial charge >= 0.3 is 0 Å². The van der Waals surface area contributed by atoms with E-state index in [0.717, 1.165) is 13.3 Å². The van der Waals surface area contributed by atoms with Gasteiger partial charge in [0.15, 0.2) is 0 Å². The maximum atomic E-state index is 2.62. The Morgan fingerprint density at radius 2 is 1.50 bits per heavy atom.